The Balaban J connectivity index is 0.00000169. The fourth-order valence-electron chi connectivity index (χ4n) is 3.46. The van der Waals surface area contributed by atoms with E-state index in [2.05, 4.69) is 16.0 Å². The van der Waals surface area contributed by atoms with Crippen LogP contribution in [-0.2, 0) is 9.53 Å². The standard InChI is InChI=1S/C19H29N3O2.2ClH/c23-19(6-1-15-7-11-20-12-8-15)22-17-4-2-16(3-5-17)21-18-9-13-24-14-10-18;;/h2-5,15,18,20-21H,1,6-14H2,(H,22,23);2*1H. The predicted molar refractivity (Wildman–Crippen MR) is 112 cm³/mol. The van der Waals surface area contributed by atoms with Crippen molar-refractivity contribution in [3.63, 3.8) is 0 Å². The second kappa shape index (κ2) is 12.4. The van der Waals surface area contributed by atoms with Gasteiger partial charge in [-0.25, -0.2) is 0 Å². The number of carbonyl (C=O) groups is 1. The molecule has 1 amide bonds. The molecule has 0 aliphatic carbocycles. The monoisotopic (exact) mass is 403 g/mol. The molecule has 0 saturated carbocycles. The van der Waals surface area contributed by atoms with E-state index >= 15 is 0 Å². The molecule has 5 nitrogen and oxygen atoms in total. The molecule has 7 heteroatoms. The van der Waals surface area contributed by atoms with E-state index in [1.54, 1.807) is 0 Å². The SMILES string of the molecule is Cl.Cl.O=C(CCC1CCNCC1)Nc1ccc(NC2CCOCC2)cc1. The van der Waals surface area contributed by atoms with Crippen molar-refractivity contribution in [3.05, 3.63) is 24.3 Å². The summed E-state index contributed by atoms with van der Waals surface area (Å²) in [6.45, 7) is 3.85. The van der Waals surface area contributed by atoms with E-state index in [1.807, 2.05) is 24.3 Å². The number of hydrogen-bond acceptors (Lipinski definition) is 4. The molecular formula is C19H31Cl2N3O2. The van der Waals surface area contributed by atoms with E-state index in [0.717, 1.165) is 56.9 Å². The van der Waals surface area contributed by atoms with E-state index in [1.165, 1.54) is 12.8 Å². The van der Waals surface area contributed by atoms with Crippen molar-refractivity contribution in [2.75, 3.05) is 36.9 Å². The predicted octanol–water partition coefficient (Wildman–Crippen LogP) is 3.84. The zero-order valence-electron chi connectivity index (χ0n) is 15.2. The minimum atomic E-state index is 0. The summed E-state index contributed by atoms with van der Waals surface area (Å²) in [4.78, 5) is 12.1. The van der Waals surface area contributed by atoms with Crippen LogP contribution in [0, 0.1) is 5.92 Å². The van der Waals surface area contributed by atoms with Gasteiger partial charge in [0.05, 0.1) is 0 Å². The van der Waals surface area contributed by atoms with Crippen molar-refractivity contribution in [2.45, 2.75) is 44.6 Å². The highest BCUT2D eigenvalue weighted by Gasteiger charge is 2.15. The van der Waals surface area contributed by atoms with Crippen LogP contribution in [0.1, 0.15) is 38.5 Å². The lowest BCUT2D eigenvalue weighted by Crippen LogP contribution is -2.28. The number of nitrogens with one attached hydrogen (secondary N) is 3. The van der Waals surface area contributed by atoms with Gasteiger partial charge in [-0.1, -0.05) is 0 Å². The fourth-order valence-corrected chi connectivity index (χ4v) is 3.46. The van der Waals surface area contributed by atoms with Gasteiger partial charge in [-0.3, -0.25) is 4.79 Å². The zero-order valence-corrected chi connectivity index (χ0v) is 16.8. The average molecular weight is 404 g/mol. The van der Waals surface area contributed by atoms with Crippen molar-refractivity contribution in [3.8, 4) is 0 Å². The molecule has 1 aromatic rings. The van der Waals surface area contributed by atoms with Crippen LogP contribution in [-0.4, -0.2) is 38.3 Å². The third-order valence-corrected chi connectivity index (χ3v) is 5.00. The second-order valence-electron chi connectivity index (χ2n) is 6.89. The minimum absolute atomic E-state index is 0. The topological polar surface area (TPSA) is 62.4 Å². The van der Waals surface area contributed by atoms with Crippen LogP contribution in [0.2, 0.25) is 0 Å². The number of amides is 1. The molecule has 0 radical (unpaired) electrons. The quantitative estimate of drug-likeness (QED) is 0.674. The normalized spacial score (nSPS) is 18.3. The van der Waals surface area contributed by atoms with E-state index < -0.39 is 0 Å². The number of hydrogen-bond donors (Lipinski definition) is 3. The summed E-state index contributed by atoms with van der Waals surface area (Å²) in [5, 5.41) is 9.90. The van der Waals surface area contributed by atoms with Gasteiger partial charge < -0.3 is 20.7 Å². The summed E-state index contributed by atoms with van der Waals surface area (Å²) in [6.07, 6.45) is 6.10. The third-order valence-electron chi connectivity index (χ3n) is 5.00. The maximum absolute atomic E-state index is 12.1. The van der Waals surface area contributed by atoms with Crippen molar-refractivity contribution in [2.24, 2.45) is 5.92 Å². The first kappa shape index (κ1) is 23.0. The van der Waals surface area contributed by atoms with Crippen LogP contribution in [0.15, 0.2) is 24.3 Å². The number of benzene rings is 1. The first-order valence-electron chi connectivity index (χ1n) is 9.24. The Labute approximate surface area is 168 Å². The number of piperidine rings is 1. The number of rotatable bonds is 6. The smallest absolute Gasteiger partial charge is 0.224 e. The van der Waals surface area contributed by atoms with Gasteiger partial charge in [0.15, 0.2) is 0 Å². The zero-order chi connectivity index (χ0) is 16.6. The van der Waals surface area contributed by atoms with Crippen molar-refractivity contribution in [1.82, 2.24) is 5.32 Å². The molecule has 3 N–H and O–H groups in total. The summed E-state index contributed by atoms with van der Waals surface area (Å²) in [5.74, 6) is 0.821. The summed E-state index contributed by atoms with van der Waals surface area (Å²) in [6, 6.07) is 8.52. The Morgan fingerprint density at radius 2 is 1.62 bits per heavy atom. The Bertz CT molecular complexity index is 516. The lowest BCUT2D eigenvalue weighted by molar-refractivity contribution is -0.116. The average Bonchev–Trinajstić information content (AvgIpc) is 2.63. The maximum atomic E-state index is 12.1. The Hall–Kier alpha value is -1.01. The molecule has 26 heavy (non-hydrogen) atoms. The van der Waals surface area contributed by atoms with E-state index in [4.69, 9.17) is 4.74 Å². The summed E-state index contributed by atoms with van der Waals surface area (Å²) in [7, 11) is 0. The summed E-state index contributed by atoms with van der Waals surface area (Å²) in [5.41, 5.74) is 1.98. The van der Waals surface area contributed by atoms with Gasteiger partial charge in [0.1, 0.15) is 0 Å². The van der Waals surface area contributed by atoms with Gasteiger partial charge in [-0.05, 0) is 75.4 Å². The molecule has 0 bridgehead atoms. The fraction of sp³-hybridized carbons (Fsp3) is 0.632. The molecule has 3 rings (SSSR count). The highest BCUT2D eigenvalue weighted by atomic mass is 35.5. The number of halogens is 2. The van der Waals surface area contributed by atoms with Gasteiger partial charge in [0.25, 0.3) is 0 Å². The minimum Gasteiger partial charge on any atom is -0.382 e. The number of carbonyl (C=O) groups excluding carboxylic acids is 1. The van der Waals surface area contributed by atoms with Gasteiger partial charge in [0, 0.05) is 37.1 Å². The largest absolute Gasteiger partial charge is 0.382 e. The second-order valence-corrected chi connectivity index (χ2v) is 6.89. The van der Waals surface area contributed by atoms with Gasteiger partial charge in [0.2, 0.25) is 5.91 Å². The Morgan fingerprint density at radius 3 is 2.27 bits per heavy atom. The molecule has 0 aromatic heterocycles. The van der Waals surface area contributed by atoms with Crippen LogP contribution in [0.3, 0.4) is 0 Å². The van der Waals surface area contributed by atoms with Crippen LogP contribution in [0.4, 0.5) is 11.4 Å². The molecule has 2 aliphatic rings. The first-order valence-corrected chi connectivity index (χ1v) is 9.24. The summed E-state index contributed by atoms with van der Waals surface area (Å²) >= 11 is 0. The summed E-state index contributed by atoms with van der Waals surface area (Å²) < 4.78 is 5.38. The van der Waals surface area contributed by atoms with Gasteiger partial charge in [-0.2, -0.15) is 0 Å². The number of anilines is 2. The highest BCUT2D eigenvalue weighted by molar-refractivity contribution is 5.90. The van der Waals surface area contributed by atoms with Crippen LogP contribution in [0.5, 0.6) is 0 Å². The molecule has 1 aromatic carbocycles. The molecule has 148 valence electrons. The van der Waals surface area contributed by atoms with Crippen LogP contribution < -0.4 is 16.0 Å². The lowest BCUT2D eigenvalue weighted by atomic mass is 9.93. The van der Waals surface area contributed by atoms with Crippen molar-refractivity contribution >= 4 is 42.1 Å². The lowest BCUT2D eigenvalue weighted by Gasteiger charge is -2.24. The number of ether oxygens (including phenoxy) is 1. The van der Waals surface area contributed by atoms with Gasteiger partial charge in [-0.15, -0.1) is 24.8 Å². The van der Waals surface area contributed by atoms with Crippen LogP contribution >= 0.6 is 24.8 Å². The Kier molecular flexibility index (Phi) is 11.0. The molecule has 2 saturated heterocycles. The molecular weight excluding hydrogens is 373 g/mol. The molecule has 0 spiro atoms. The Morgan fingerprint density at radius 1 is 1.00 bits per heavy atom. The molecule has 0 atom stereocenters. The van der Waals surface area contributed by atoms with Crippen LogP contribution in [0.25, 0.3) is 0 Å². The van der Waals surface area contributed by atoms with E-state index in [9.17, 15) is 4.79 Å². The highest BCUT2D eigenvalue weighted by Crippen LogP contribution is 2.20. The molecule has 0 unspecified atom stereocenters. The van der Waals surface area contributed by atoms with Crippen molar-refractivity contribution in [1.29, 1.82) is 0 Å². The first-order chi connectivity index (χ1) is 11.8. The maximum Gasteiger partial charge on any atom is 0.224 e. The van der Waals surface area contributed by atoms with Gasteiger partial charge >= 0.3 is 0 Å². The van der Waals surface area contributed by atoms with E-state index in [0.29, 0.717) is 18.4 Å². The third kappa shape index (κ3) is 7.70. The van der Waals surface area contributed by atoms with E-state index in [-0.39, 0.29) is 30.7 Å². The molecule has 2 aliphatic heterocycles. The molecule has 2 fully saturated rings. The van der Waals surface area contributed by atoms with Crippen molar-refractivity contribution < 1.29 is 9.53 Å². The molecule has 2 heterocycles.